The first-order chi connectivity index (χ1) is 12.7. The monoisotopic (exact) mass is 380 g/mol. The van der Waals surface area contributed by atoms with Crippen LogP contribution in [-0.4, -0.2) is 56.5 Å². The highest BCUT2D eigenvalue weighted by Gasteiger charge is 2.19. The zero-order valence-electron chi connectivity index (χ0n) is 16.3. The summed E-state index contributed by atoms with van der Waals surface area (Å²) in [6.45, 7) is 5.32. The van der Waals surface area contributed by atoms with E-state index < -0.39 is 0 Å². The molecule has 1 aliphatic heterocycles. The van der Waals surface area contributed by atoms with Crippen molar-refractivity contribution in [3.63, 3.8) is 0 Å². The summed E-state index contributed by atoms with van der Waals surface area (Å²) in [6.07, 6.45) is 6.24. The number of ether oxygens (including phenoxy) is 2. The third-order valence-electron chi connectivity index (χ3n) is 4.89. The summed E-state index contributed by atoms with van der Waals surface area (Å²) < 4.78 is 10.5. The molecule has 1 unspecified atom stereocenters. The number of methoxy groups -OCH3 is 2. The van der Waals surface area contributed by atoms with Crippen LogP contribution < -0.4 is 14.8 Å². The number of thioether (sulfide) groups is 1. The SMILES string of the molecule is CCC1CCCCN1CCCNC(=O)CSc1ccc(OC)c(OC)c1. The fourth-order valence-corrected chi connectivity index (χ4v) is 4.19. The van der Waals surface area contributed by atoms with E-state index in [2.05, 4.69) is 17.1 Å². The Labute approximate surface area is 161 Å². The number of rotatable bonds is 10. The number of carbonyl (C=O) groups is 1. The number of likely N-dealkylation sites (tertiary alicyclic amines) is 1. The minimum Gasteiger partial charge on any atom is -0.493 e. The van der Waals surface area contributed by atoms with Crippen molar-refractivity contribution >= 4 is 17.7 Å². The van der Waals surface area contributed by atoms with Crippen molar-refractivity contribution in [3.05, 3.63) is 18.2 Å². The summed E-state index contributed by atoms with van der Waals surface area (Å²) in [7, 11) is 3.23. The molecule has 2 rings (SSSR count). The molecule has 146 valence electrons. The summed E-state index contributed by atoms with van der Waals surface area (Å²) >= 11 is 1.51. The highest BCUT2D eigenvalue weighted by atomic mass is 32.2. The van der Waals surface area contributed by atoms with Crippen molar-refractivity contribution in [2.75, 3.05) is 39.6 Å². The Hall–Kier alpha value is -1.40. The molecule has 26 heavy (non-hydrogen) atoms. The second-order valence-electron chi connectivity index (χ2n) is 6.60. The number of benzene rings is 1. The van der Waals surface area contributed by atoms with E-state index >= 15 is 0 Å². The lowest BCUT2D eigenvalue weighted by atomic mass is 10.00. The Morgan fingerprint density at radius 3 is 2.81 bits per heavy atom. The van der Waals surface area contributed by atoms with Gasteiger partial charge in [0.15, 0.2) is 11.5 Å². The molecular weight excluding hydrogens is 348 g/mol. The van der Waals surface area contributed by atoms with Crippen LogP contribution in [0.15, 0.2) is 23.1 Å². The van der Waals surface area contributed by atoms with Crippen LogP contribution in [0, 0.1) is 0 Å². The Morgan fingerprint density at radius 2 is 2.08 bits per heavy atom. The average Bonchev–Trinajstić information content (AvgIpc) is 2.69. The van der Waals surface area contributed by atoms with Gasteiger partial charge in [0.05, 0.1) is 20.0 Å². The van der Waals surface area contributed by atoms with Crippen LogP contribution in [-0.2, 0) is 4.79 Å². The van der Waals surface area contributed by atoms with Crippen LogP contribution in [0.25, 0.3) is 0 Å². The summed E-state index contributed by atoms with van der Waals surface area (Å²) in [5, 5.41) is 3.03. The maximum atomic E-state index is 12.1. The first-order valence-corrected chi connectivity index (χ1v) is 10.5. The highest BCUT2D eigenvalue weighted by Crippen LogP contribution is 2.31. The van der Waals surface area contributed by atoms with Crippen LogP contribution in [0.3, 0.4) is 0 Å². The first kappa shape index (κ1) is 20.9. The fraction of sp³-hybridized carbons (Fsp3) is 0.650. The van der Waals surface area contributed by atoms with Gasteiger partial charge >= 0.3 is 0 Å². The molecule has 0 bridgehead atoms. The number of carbonyl (C=O) groups excluding carboxylic acids is 1. The van der Waals surface area contributed by atoms with E-state index in [4.69, 9.17) is 9.47 Å². The van der Waals surface area contributed by atoms with Gasteiger partial charge in [-0.15, -0.1) is 11.8 Å². The zero-order chi connectivity index (χ0) is 18.8. The molecule has 0 aromatic heterocycles. The van der Waals surface area contributed by atoms with Crippen molar-refractivity contribution in [3.8, 4) is 11.5 Å². The number of nitrogens with one attached hydrogen (secondary N) is 1. The van der Waals surface area contributed by atoms with Crippen LogP contribution >= 0.6 is 11.8 Å². The summed E-state index contributed by atoms with van der Waals surface area (Å²) in [5.41, 5.74) is 0. The lowest BCUT2D eigenvalue weighted by Crippen LogP contribution is -2.40. The van der Waals surface area contributed by atoms with Crippen molar-refractivity contribution in [2.45, 2.75) is 50.0 Å². The van der Waals surface area contributed by atoms with E-state index in [1.165, 1.54) is 44.0 Å². The Kier molecular flexibility index (Phi) is 9.12. The lowest BCUT2D eigenvalue weighted by Gasteiger charge is -2.35. The van der Waals surface area contributed by atoms with E-state index in [0.717, 1.165) is 30.4 Å². The topological polar surface area (TPSA) is 50.8 Å². The van der Waals surface area contributed by atoms with E-state index in [0.29, 0.717) is 17.3 Å². The normalized spacial score (nSPS) is 17.7. The number of piperidine rings is 1. The second-order valence-corrected chi connectivity index (χ2v) is 7.65. The van der Waals surface area contributed by atoms with Crippen molar-refractivity contribution in [1.82, 2.24) is 10.2 Å². The smallest absolute Gasteiger partial charge is 0.230 e. The van der Waals surface area contributed by atoms with E-state index in [-0.39, 0.29) is 5.91 Å². The molecule has 1 atom stereocenters. The average molecular weight is 381 g/mol. The van der Waals surface area contributed by atoms with Gasteiger partial charge in [-0.2, -0.15) is 0 Å². The molecule has 5 nitrogen and oxygen atoms in total. The molecule has 0 saturated carbocycles. The van der Waals surface area contributed by atoms with Gasteiger partial charge < -0.3 is 19.7 Å². The molecule has 6 heteroatoms. The molecule has 0 aliphatic carbocycles. The predicted octanol–water partition coefficient (Wildman–Crippen LogP) is 3.57. The van der Waals surface area contributed by atoms with Crippen molar-refractivity contribution in [1.29, 1.82) is 0 Å². The standard InChI is InChI=1S/C20H32N2O3S/c1-4-16-8-5-6-12-22(16)13-7-11-21-20(23)15-26-17-9-10-18(24-2)19(14-17)25-3/h9-10,14,16H,4-8,11-13,15H2,1-3H3,(H,21,23). The van der Waals surface area contributed by atoms with Gasteiger partial charge in [0.25, 0.3) is 0 Å². The third kappa shape index (κ3) is 6.40. The van der Waals surface area contributed by atoms with E-state index in [1.54, 1.807) is 14.2 Å². The number of amides is 1. The lowest BCUT2D eigenvalue weighted by molar-refractivity contribution is -0.118. The van der Waals surface area contributed by atoms with E-state index in [1.807, 2.05) is 18.2 Å². The Balaban J connectivity index is 1.66. The van der Waals surface area contributed by atoms with Gasteiger partial charge in [0.1, 0.15) is 0 Å². The van der Waals surface area contributed by atoms with Crippen LogP contribution in [0.2, 0.25) is 0 Å². The summed E-state index contributed by atoms with van der Waals surface area (Å²) in [4.78, 5) is 15.7. The molecule has 1 amide bonds. The molecule has 1 heterocycles. The second kappa shape index (κ2) is 11.3. The van der Waals surface area contributed by atoms with Gasteiger partial charge in [-0.3, -0.25) is 4.79 Å². The fourth-order valence-electron chi connectivity index (χ4n) is 3.43. The molecule has 0 radical (unpaired) electrons. The van der Waals surface area contributed by atoms with Gasteiger partial charge in [-0.05, 0) is 50.4 Å². The molecule has 1 aromatic rings. The molecule has 1 saturated heterocycles. The van der Waals surface area contributed by atoms with Gasteiger partial charge in [0.2, 0.25) is 5.91 Å². The van der Waals surface area contributed by atoms with Gasteiger partial charge in [0, 0.05) is 24.0 Å². The van der Waals surface area contributed by atoms with Gasteiger partial charge in [-0.1, -0.05) is 13.3 Å². The summed E-state index contributed by atoms with van der Waals surface area (Å²) in [5.74, 6) is 1.88. The van der Waals surface area contributed by atoms with Crippen LogP contribution in [0.5, 0.6) is 11.5 Å². The van der Waals surface area contributed by atoms with Crippen molar-refractivity contribution < 1.29 is 14.3 Å². The maximum Gasteiger partial charge on any atom is 0.230 e. The number of hydrogen-bond acceptors (Lipinski definition) is 5. The van der Waals surface area contributed by atoms with Crippen LogP contribution in [0.1, 0.15) is 39.0 Å². The molecular formula is C20H32N2O3S. The number of hydrogen-bond donors (Lipinski definition) is 1. The highest BCUT2D eigenvalue weighted by molar-refractivity contribution is 8.00. The molecule has 1 fully saturated rings. The summed E-state index contributed by atoms with van der Waals surface area (Å²) in [6, 6.07) is 6.44. The third-order valence-corrected chi connectivity index (χ3v) is 5.88. The molecule has 1 N–H and O–H groups in total. The van der Waals surface area contributed by atoms with Gasteiger partial charge in [-0.25, -0.2) is 0 Å². The minimum atomic E-state index is 0.0791. The predicted molar refractivity (Wildman–Crippen MR) is 107 cm³/mol. The Morgan fingerprint density at radius 1 is 1.27 bits per heavy atom. The minimum absolute atomic E-state index is 0.0791. The van der Waals surface area contributed by atoms with E-state index in [9.17, 15) is 4.79 Å². The van der Waals surface area contributed by atoms with Crippen molar-refractivity contribution in [2.24, 2.45) is 0 Å². The number of nitrogens with zero attached hydrogens (tertiary/aromatic N) is 1. The quantitative estimate of drug-likeness (QED) is 0.497. The molecule has 1 aliphatic rings. The largest absolute Gasteiger partial charge is 0.493 e. The van der Waals surface area contributed by atoms with Crippen LogP contribution in [0.4, 0.5) is 0 Å². The molecule has 1 aromatic carbocycles. The zero-order valence-corrected chi connectivity index (χ0v) is 17.1. The maximum absolute atomic E-state index is 12.1. The molecule has 0 spiro atoms. The Bertz CT molecular complexity index is 568. The first-order valence-electron chi connectivity index (χ1n) is 9.53.